The Balaban J connectivity index is 1.12. The van der Waals surface area contributed by atoms with E-state index in [1.807, 2.05) is 42.5 Å². The highest BCUT2D eigenvalue weighted by Crippen LogP contribution is 2.47. The van der Waals surface area contributed by atoms with Gasteiger partial charge in [0.15, 0.2) is 0 Å². The van der Waals surface area contributed by atoms with E-state index < -0.39 is 23.6 Å². The fourth-order valence-corrected chi connectivity index (χ4v) is 9.91. The highest BCUT2D eigenvalue weighted by Gasteiger charge is 2.46. The second kappa shape index (κ2) is 20.6. The number of aliphatic carboxylic acids is 1. The number of nitrogens with zero attached hydrogens (tertiary/aromatic N) is 1. The number of aliphatic hydroxyl groups is 3. The van der Waals surface area contributed by atoms with Crippen LogP contribution in [0.1, 0.15) is 108 Å². The van der Waals surface area contributed by atoms with Gasteiger partial charge in [0, 0.05) is 35.0 Å². The van der Waals surface area contributed by atoms with Crippen LogP contribution in [0.4, 0.5) is 5.82 Å². The Morgan fingerprint density at radius 2 is 1.66 bits per heavy atom. The number of nitrogen functional groups attached to an aromatic ring is 1. The lowest BCUT2D eigenvalue weighted by Crippen LogP contribution is -2.37. The van der Waals surface area contributed by atoms with Gasteiger partial charge in [0.2, 0.25) is 0 Å². The van der Waals surface area contributed by atoms with Gasteiger partial charge in [-0.25, -0.2) is 4.98 Å². The van der Waals surface area contributed by atoms with Gasteiger partial charge < -0.3 is 41.4 Å². The van der Waals surface area contributed by atoms with Crippen LogP contribution in [0.2, 0.25) is 0 Å². The normalized spacial score (nSPS) is 24.0. The van der Waals surface area contributed by atoms with Gasteiger partial charge in [0.1, 0.15) is 17.3 Å². The van der Waals surface area contributed by atoms with E-state index in [0.717, 1.165) is 60.2 Å². The first-order valence-electron chi connectivity index (χ1n) is 21.9. The standard InChI is InChI=1S/C49H65N3O7/c1-2-3-6-11-32-16-17-36(45(56)24-32)14-9-5-10-15-42(48(57)58)44(55)18-20-49(59)31-34(22-33-19-21-51-46(50)25-33)23-38(49)28-39-29-43(35-12-7-4-8-13-35)47(52-39)37-26-40(53)30-41(54)27-37/h4,7-8,12-13,16-17,19,21,25-27,29-30,32,34,36,38,42,44-45,52-56,59H,2-3,5-6,9-11,14-15,18,20,22-24,28,31H2,1H3,(H2,50,51)(H,57,58)/t32-,34-,36-,38+,42+,44-,45-,49+/m1/s1. The molecular formula is C49H65N3O7. The van der Waals surface area contributed by atoms with E-state index in [0.29, 0.717) is 55.8 Å². The van der Waals surface area contributed by atoms with Crippen LogP contribution in [-0.2, 0) is 17.6 Å². The van der Waals surface area contributed by atoms with Gasteiger partial charge in [-0.2, -0.15) is 0 Å². The van der Waals surface area contributed by atoms with Gasteiger partial charge >= 0.3 is 5.97 Å². The quantitative estimate of drug-likeness (QED) is 0.0299. The molecule has 2 aromatic heterocycles. The number of pyridine rings is 1. The van der Waals surface area contributed by atoms with Crippen LogP contribution in [0.15, 0.2) is 85.1 Å². The smallest absolute Gasteiger partial charge is 0.309 e. The number of aromatic hydroxyl groups is 2. The molecular weight excluding hydrogens is 743 g/mol. The van der Waals surface area contributed by atoms with E-state index in [1.165, 1.54) is 25.3 Å². The predicted octanol–water partition coefficient (Wildman–Crippen LogP) is 9.21. The molecule has 2 aliphatic rings. The van der Waals surface area contributed by atoms with Crippen LogP contribution in [0.5, 0.6) is 11.5 Å². The summed E-state index contributed by atoms with van der Waals surface area (Å²) in [6.45, 7) is 2.20. The number of aromatic amines is 1. The summed E-state index contributed by atoms with van der Waals surface area (Å²) in [4.78, 5) is 20.2. The van der Waals surface area contributed by atoms with Crippen LogP contribution in [0, 0.1) is 29.6 Å². The van der Waals surface area contributed by atoms with E-state index >= 15 is 0 Å². The number of hydrogen-bond acceptors (Lipinski definition) is 8. The number of allylic oxidation sites excluding steroid dienone is 1. The van der Waals surface area contributed by atoms with Gasteiger partial charge in [-0.1, -0.05) is 87.9 Å². The third kappa shape index (κ3) is 12.0. The molecule has 1 saturated carbocycles. The summed E-state index contributed by atoms with van der Waals surface area (Å²) in [5.41, 5.74) is 9.97. The van der Waals surface area contributed by atoms with E-state index in [-0.39, 0.29) is 48.2 Å². The Morgan fingerprint density at radius 1 is 0.898 bits per heavy atom. The molecule has 0 spiro atoms. The number of aromatic nitrogens is 2. The van der Waals surface area contributed by atoms with Crippen molar-refractivity contribution in [1.29, 1.82) is 0 Å². The van der Waals surface area contributed by atoms with Crippen LogP contribution in [0.3, 0.4) is 0 Å². The number of benzene rings is 2. The summed E-state index contributed by atoms with van der Waals surface area (Å²) in [6, 6.07) is 20.2. The topological polar surface area (TPSA) is 193 Å². The van der Waals surface area contributed by atoms with Crippen molar-refractivity contribution in [2.24, 2.45) is 29.6 Å². The first kappa shape index (κ1) is 43.9. The van der Waals surface area contributed by atoms with Crippen molar-refractivity contribution in [1.82, 2.24) is 9.97 Å². The molecule has 6 rings (SSSR count). The lowest BCUT2D eigenvalue weighted by atomic mass is 9.80. The SMILES string of the molecule is CCCCC[C@@H]1C=C[C@@H](CCCCC[C@H](C(=O)O)[C@H](O)CC[C@]2(O)C[C@H](Cc3ccnc(N)c3)C[C@H]2Cc2cc(-c3ccccc3)c(-c3cc(O)cc(O)c3)[nH]2)[C@H](O)C1. The molecule has 0 radical (unpaired) electrons. The zero-order valence-electron chi connectivity index (χ0n) is 34.6. The largest absolute Gasteiger partial charge is 0.508 e. The molecule has 0 saturated heterocycles. The molecule has 2 aliphatic carbocycles. The molecule has 59 heavy (non-hydrogen) atoms. The highest BCUT2D eigenvalue weighted by molar-refractivity contribution is 5.83. The number of rotatable bonds is 21. The highest BCUT2D eigenvalue weighted by atomic mass is 16.4. The van der Waals surface area contributed by atoms with Crippen molar-refractivity contribution < 1.29 is 35.4 Å². The number of aliphatic hydroxyl groups excluding tert-OH is 2. The van der Waals surface area contributed by atoms with Crippen LogP contribution in [0.25, 0.3) is 22.4 Å². The summed E-state index contributed by atoms with van der Waals surface area (Å²) in [5.74, 6) is -1.11. The van der Waals surface area contributed by atoms with Crippen molar-refractivity contribution in [2.45, 2.75) is 127 Å². The molecule has 0 aliphatic heterocycles. The maximum absolute atomic E-state index is 12.5. The third-order valence-corrected chi connectivity index (χ3v) is 13.1. The Morgan fingerprint density at radius 3 is 2.37 bits per heavy atom. The average Bonchev–Trinajstić information content (AvgIpc) is 3.76. The zero-order chi connectivity index (χ0) is 41.9. The van der Waals surface area contributed by atoms with E-state index in [9.17, 15) is 35.4 Å². The Hall–Kier alpha value is -4.64. The summed E-state index contributed by atoms with van der Waals surface area (Å²) >= 11 is 0. The molecule has 0 amide bonds. The number of carboxylic acid groups (broad SMARTS) is 1. The van der Waals surface area contributed by atoms with E-state index in [4.69, 9.17) is 5.73 Å². The Bertz CT molecular complexity index is 1960. The van der Waals surface area contributed by atoms with Gasteiger partial charge in [-0.05, 0) is 123 Å². The van der Waals surface area contributed by atoms with Crippen LogP contribution >= 0.6 is 0 Å². The molecule has 318 valence electrons. The minimum absolute atomic E-state index is 0.0547. The van der Waals surface area contributed by atoms with E-state index in [1.54, 1.807) is 18.3 Å². The molecule has 2 aromatic carbocycles. The molecule has 2 heterocycles. The molecule has 8 atom stereocenters. The fourth-order valence-electron chi connectivity index (χ4n) is 9.91. The minimum Gasteiger partial charge on any atom is -0.508 e. The van der Waals surface area contributed by atoms with Crippen LogP contribution in [-0.4, -0.2) is 64.4 Å². The fraction of sp³-hybridized carbons (Fsp3) is 0.510. The number of anilines is 1. The number of unbranched alkanes of at least 4 members (excludes halogenated alkanes) is 4. The summed E-state index contributed by atoms with van der Waals surface area (Å²) in [5, 5.41) is 65.6. The monoisotopic (exact) mass is 807 g/mol. The second-order valence-corrected chi connectivity index (χ2v) is 17.6. The van der Waals surface area contributed by atoms with Gasteiger partial charge in [-0.3, -0.25) is 4.79 Å². The van der Waals surface area contributed by atoms with Crippen LogP contribution < -0.4 is 5.73 Å². The predicted molar refractivity (Wildman–Crippen MR) is 233 cm³/mol. The van der Waals surface area contributed by atoms with Crippen molar-refractivity contribution in [2.75, 3.05) is 5.73 Å². The first-order chi connectivity index (χ1) is 28.4. The summed E-state index contributed by atoms with van der Waals surface area (Å²) < 4.78 is 0. The van der Waals surface area contributed by atoms with Gasteiger partial charge in [0.25, 0.3) is 0 Å². The Kier molecular flexibility index (Phi) is 15.3. The number of carboxylic acids is 1. The minimum atomic E-state index is -1.17. The van der Waals surface area contributed by atoms with Crippen molar-refractivity contribution in [3.05, 3.63) is 96.3 Å². The van der Waals surface area contributed by atoms with Gasteiger partial charge in [0.05, 0.1) is 29.4 Å². The number of nitrogens with two attached hydrogens (primary N) is 1. The molecule has 9 N–H and O–H groups in total. The number of carbonyl (C=O) groups is 1. The molecule has 4 aromatic rings. The average molecular weight is 808 g/mol. The number of H-pyrrole nitrogens is 1. The van der Waals surface area contributed by atoms with Crippen molar-refractivity contribution in [3.8, 4) is 33.9 Å². The lowest BCUT2D eigenvalue weighted by Gasteiger charge is -2.32. The third-order valence-electron chi connectivity index (χ3n) is 13.1. The maximum Gasteiger partial charge on any atom is 0.309 e. The molecule has 0 bridgehead atoms. The second-order valence-electron chi connectivity index (χ2n) is 17.6. The summed E-state index contributed by atoms with van der Waals surface area (Å²) in [7, 11) is 0. The Labute approximate surface area is 349 Å². The number of phenolic OH excluding ortho intramolecular Hbond substituents is 2. The molecule has 0 unspecified atom stereocenters. The number of phenols is 2. The number of hydrogen-bond donors (Lipinski definition) is 8. The lowest BCUT2D eigenvalue weighted by molar-refractivity contribution is -0.146. The van der Waals surface area contributed by atoms with Crippen molar-refractivity contribution >= 4 is 11.8 Å². The molecule has 10 heteroatoms. The van der Waals surface area contributed by atoms with E-state index in [2.05, 4.69) is 35.1 Å². The number of nitrogens with one attached hydrogen (secondary N) is 1. The maximum atomic E-state index is 12.5. The molecule has 1 fully saturated rings. The van der Waals surface area contributed by atoms with Crippen molar-refractivity contribution in [3.63, 3.8) is 0 Å². The zero-order valence-corrected chi connectivity index (χ0v) is 34.6. The first-order valence-corrected chi connectivity index (χ1v) is 21.9. The van der Waals surface area contributed by atoms with Gasteiger partial charge in [-0.15, -0.1) is 0 Å². The molecule has 10 nitrogen and oxygen atoms in total. The summed E-state index contributed by atoms with van der Waals surface area (Å²) in [6.07, 6.45) is 16.7.